The second-order valence-corrected chi connectivity index (χ2v) is 6.39. The largest absolute Gasteiger partial charge is 0.547 e. The molecule has 0 bridgehead atoms. The number of hydrogen-bond acceptors (Lipinski definition) is 4. The van der Waals surface area contributed by atoms with E-state index in [1.807, 2.05) is 11.9 Å². The minimum atomic E-state index is -1.52. The van der Waals surface area contributed by atoms with E-state index in [9.17, 15) is 14.7 Å². The lowest BCUT2D eigenvalue weighted by Crippen LogP contribution is -2.91. The zero-order valence-electron chi connectivity index (χ0n) is 13.4. The predicted molar refractivity (Wildman–Crippen MR) is 79.2 cm³/mol. The molecule has 22 heavy (non-hydrogen) atoms. The van der Waals surface area contributed by atoms with Crippen LogP contribution in [0.5, 0.6) is 0 Å². The average Bonchev–Trinajstić information content (AvgIpc) is 2.79. The van der Waals surface area contributed by atoms with Gasteiger partial charge in [-0.25, -0.2) is 0 Å². The number of nitrogens with zero attached hydrogens (tertiary/aromatic N) is 1. The number of benzene rings is 1. The van der Waals surface area contributed by atoms with Crippen LogP contribution in [0.25, 0.3) is 0 Å². The highest BCUT2D eigenvalue weighted by molar-refractivity contribution is 5.78. The molecule has 6 nitrogen and oxygen atoms in total. The number of carbonyl (C=O) groups is 2. The molecule has 2 rings (SSSR count). The van der Waals surface area contributed by atoms with Gasteiger partial charge >= 0.3 is 0 Å². The lowest BCUT2D eigenvalue weighted by atomic mass is 9.92. The van der Waals surface area contributed by atoms with Crippen molar-refractivity contribution >= 4 is 11.9 Å². The summed E-state index contributed by atoms with van der Waals surface area (Å²) < 4.78 is 0. The Hall–Kier alpha value is -1.92. The Balaban J connectivity index is 0.000000220. The van der Waals surface area contributed by atoms with Crippen LogP contribution in [0.1, 0.15) is 32.4 Å². The van der Waals surface area contributed by atoms with Gasteiger partial charge in [0.15, 0.2) is 12.7 Å². The number of aliphatic hydroxyl groups is 1. The molecule has 6 heteroatoms. The molecule has 1 aliphatic rings. The Kier molecular flexibility index (Phi) is 6.08. The van der Waals surface area contributed by atoms with Gasteiger partial charge in [-0.3, -0.25) is 9.69 Å². The maximum Gasteiger partial charge on any atom is 0.281 e. The third kappa shape index (κ3) is 4.82. The van der Waals surface area contributed by atoms with E-state index < -0.39 is 12.1 Å². The van der Waals surface area contributed by atoms with Crippen LogP contribution in [-0.4, -0.2) is 41.6 Å². The van der Waals surface area contributed by atoms with Gasteiger partial charge < -0.3 is 20.3 Å². The summed E-state index contributed by atoms with van der Waals surface area (Å²) in [5, 5.41) is 21.2. The molecule has 1 aromatic rings. The number of carbonyl (C=O) groups excluding carboxylic acids is 2. The fraction of sp³-hybridized carbons (Fsp3) is 0.500. The predicted octanol–water partition coefficient (Wildman–Crippen LogP) is -1.14. The molecular weight excluding hydrogens is 284 g/mol. The number of carboxylic acid groups (broad SMARTS) is 1. The molecule has 1 amide bonds. The molecule has 1 saturated heterocycles. The van der Waals surface area contributed by atoms with Gasteiger partial charge in [0.25, 0.3) is 5.91 Å². The first-order valence-electron chi connectivity index (χ1n) is 7.17. The molecule has 0 aromatic heterocycles. The topological polar surface area (TPSA) is 97.3 Å². The SMILES string of the molecule is CN1C(=O)C[NH2+][C@H]1C(C)(C)C.O=C([O-])[C@H](O)c1ccccc1. The van der Waals surface area contributed by atoms with Crippen molar-refractivity contribution in [2.24, 2.45) is 5.41 Å². The van der Waals surface area contributed by atoms with E-state index in [0.717, 1.165) is 0 Å². The van der Waals surface area contributed by atoms with Crippen molar-refractivity contribution in [3.8, 4) is 0 Å². The van der Waals surface area contributed by atoms with Crippen LogP contribution in [0.2, 0.25) is 0 Å². The molecule has 122 valence electrons. The number of carboxylic acids is 1. The average molecular weight is 308 g/mol. The summed E-state index contributed by atoms with van der Waals surface area (Å²) in [6, 6.07) is 8.11. The summed E-state index contributed by atoms with van der Waals surface area (Å²) in [4.78, 5) is 23.1. The maximum absolute atomic E-state index is 11.1. The second kappa shape index (κ2) is 7.38. The number of rotatable bonds is 2. The third-order valence-corrected chi connectivity index (χ3v) is 3.55. The fourth-order valence-corrected chi connectivity index (χ4v) is 2.38. The number of aliphatic hydroxyl groups excluding tert-OH is 1. The van der Waals surface area contributed by atoms with Crippen LogP contribution in [0.4, 0.5) is 0 Å². The van der Waals surface area contributed by atoms with Gasteiger partial charge in [-0.1, -0.05) is 51.1 Å². The molecular formula is C16H24N2O4. The zero-order valence-corrected chi connectivity index (χ0v) is 13.4. The summed E-state index contributed by atoms with van der Waals surface area (Å²) in [5.41, 5.74) is 0.522. The summed E-state index contributed by atoms with van der Waals surface area (Å²) in [6.07, 6.45) is -1.20. The first-order valence-corrected chi connectivity index (χ1v) is 7.17. The van der Waals surface area contributed by atoms with Crippen molar-refractivity contribution in [2.75, 3.05) is 13.6 Å². The molecule has 0 unspecified atom stereocenters. The first-order chi connectivity index (χ1) is 10.1. The van der Waals surface area contributed by atoms with Crippen LogP contribution in [0, 0.1) is 5.41 Å². The van der Waals surface area contributed by atoms with Crippen molar-refractivity contribution in [1.29, 1.82) is 0 Å². The quantitative estimate of drug-likeness (QED) is 0.722. The summed E-state index contributed by atoms with van der Waals surface area (Å²) in [7, 11) is 1.88. The van der Waals surface area contributed by atoms with Gasteiger partial charge in [0.05, 0.1) is 5.97 Å². The second-order valence-electron chi connectivity index (χ2n) is 6.39. The van der Waals surface area contributed by atoms with E-state index in [1.54, 1.807) is 18.2 Å². The molecule has 2 atom stereocenters. The Morgan fingerprint density at radius 3 is 2.23 bits per heavy atom. The minimum Gasteiger partial charge on any atom is -0.547 e. The van der Waals surface area contributed by atoms with E-state index >= 15 is 0 Å². The van der Waals surface area contributed by atoms with Crippen LogP contribution < -0.4 is 10.4 Å². The molecule has 0 radical (unpaired) electrons. The molecule has 1 heterocycles. The molecule has 0 aliphatic carbocycles. The first kappa shape index (κ1) is 18.1. The zero-order chi connectivity index (χ0) is 16.9. The van der Waals surface area contributed by atoms with E-state index in [0.29, 0.717) is 18.3 Å². The molecule has 1 aromatic carbocycles. The number of aliphatic carboxylic acids is 1. The Morgan fingerprint density at radius 1 is 1.36 bits per heavy atom. The van der Waals surface area contributed by atoms with Crippen LogP contribution >= 0.6 is 0 Å². The fourth-order valence-electron chi connectivity index (χ4n) is 2.38. The Morgan fingerprint density at radius 2 is 1.91 bits per heavy atom. The summed E-state index contributed by atoms with van der Waals surface area (Å²) in [6.45, 7) is 7.08. The highest BCUT2D eigenvalue weighted by atomic mass is 16.4. The van der Waals surface area contributed by atoms with Crippen molar-refractivity contribution in [3.05, 3.63) is 35.9 Å². The molecule has 3 N–H and O–H groups in total. The number of amides is 1. The van der Waals surface area contributed by atoms with Gasteiger partial charge in [-0.15, -0.1) is 0 Å². The van der Waals surface area contributed by atoms with Crippen molar-refractivity contribution < 1.29 is 25.1 Å². The van der Waals surface area contributed by atoms with Crippen molar-refractivity contribution in [3.63, 3.8) is 0 Å². The minimum absolute atomic E-state index is 0.181. The summed E-state index contributed by atoms with van der Waals surface area (Å²) >= 11 is 0. The van der Waals surface area contributed by atoms with E-state index in [-0.39, 0.29) is 11.3 Å². The monoisotopic (exact) mass is 308 g/mol. The molecule has 0 saturated carbocycles. The van der Waals surface area contributed by atoms with E-state index in [2.05, 4.69) is 26.1 Å². The molecule has 0 spiro atoms. The van der Waals surface area contributed by atoms with Gasteiger partial charge in [-0.05, 0) is 5.56 Å². The van der Waals surface area contributed by atoms with Gasteiger partial charge in [0.1, 0.15) is 6.10 Å². The van der Waals surface area contributed by atoms with Crippen molar-refractivity contribution in [2.45, 2.75) is 33.0 Å². The van der Waals surface area contributed by atoms with Gasteiger partial charge in [-0.2, -0.15) is 0 Å². The number of nitrogens with two attached hydrogens (primary N) is 1. The highest BCUT2D eigenvalue weighted by Gasteiger charge is 2.39. The Bertz CT molecular complexity index is 511. The number of likely N-dealkylation sites (N-methyl/N-ethyl adjacent to an activating group) is 1. The van der Waals surface area contributed by atoms with Gasteiger partial charge in [0.2, 0.25) is 0 Å². The lowest BCUT2D eigenvalue weighted by molar-refractivity contribution is -0.690. The Labute approximate surface area is 130 Å². The number of hydrogen-bond donors (Lipinski definition) is 2. The van der Waals surface area contributed by atoms with Crippen molar-refractivity contribution in [1.82, 2.24) is 4.90 Å². The molecule has 1 aliphatic heterocycles. The molecule has 1 fully saturated rings. The third-order valence-electron chi connectivity index (χ3n) is 3.55. The highest BCUT2D eigenvalue weighted by Crippen LogP contribution is 2.20. The van der Waals surface area contributed by atoms with Crippen LogP contribution in [-0.2, 0) is 9.59 Å². The van der Waals surface area contributed by atoms with E-state index in [4.69, 9.17) is 5.11 Å². The number of quaternary nitrogens is 1. The normalized spacial score (nSPS) is 19.4. The van der Waals surface area contributed by atoms with Gasteiger partial charge in [0, 0.05) is 12.5 Å². The maximum atomic E-state index is 11.1. The standard InChI is InChI=1S/C8H16N2O.C8H8O3/c1-8(2,3)7-9-5-6(11)10(7)4;9-7(8(10)11)6-4-2-1-3-5-6/h7,9H,5H2,1-4H3;1-5,7,9H,(H,10,11)/t2*7-/m11/s1. The smallest absolute Gasteiger partial charge is 0.281 e. The summed E-state index contributed by atoms with van der Waals surface area (Å²) in [5.74, 6) is -1.24. The van der Waals surface area contributed by atoms with Crippen LogP contribution in [0.3, 0.4) is 0 Å². The van der Waals surface area contributed by atoms with Crippen LogP contribution in [0.15, 0.2) is 30.3 Å². The van der Waals surface area contributed by atoms with E-state index in [1.165, 1.54) is 12.1 Å². The lowest BCUT2D eigenvalue weighted by Gasteiger charge is -2.28.